The molecule has 1 fully saturated rings. The zero-order chi connectivity index (χ0) is 19.5. The zero-order valence-electron chi connectivity index (χ0n) is 17.8. The molecule has 0 unspecified atom stereocenters. The third kappa shape index (κ3) is 8.53. The Labute approximate surface area is 187 Å². The van der Waals surface area contributed by atoms with Crippen LogP contribution in [0, 0.1) is 0 Å². The van der Waals surface area contributed by atoms with Crippen molar-refractivity contribution in [2.45, 2.75) is 39.2 Å². The lowest BCUT2D eigenvalue weighted by molar-refractivity contribution is -0.00683. The molecule has 0 aromatic heterocycles. The van der Waals surface area contributed by atoms with Crippen LogP contribution in [0.5, 0.6) is 5.75 Å². The first kappa shape index (κ1) is 25.0. The third-order valence-electron chi connectivity index (χ3n) is 4.93. The maximum absolute atomic E-state index is 5.46. The van der Waals surface area contributed by atoms with Crippen LogP contribution in [0.25, 0.3) is 0 Å². The van der Waals surface area contributed by atoms with Gasteiger partial charge in [0, 0.05) is 31.7 Å². The molecule has 1 aliphatic heterocycles. The molecule has 0 amide bonds. The van der Waals surface area contributed by atoms with E-state index < -0.39 is 0 Å². The summed E-state index contributed by atoms with van der Waals surface area (Å²) in [7, 11) is 1.70. The average molecular weight is 504 g/mol. The standard InChI is InChI=1S/C21H36N4O2.HI/c1-5-22-20(24-17-21(2,3)25-13-15-27-16-14-25)23-12-6-7-18-8-10-19(26-4)11-9-18;/h8-11H,5-7,12-17H2,1-4H3,(H2,22,23,24);1H. The van der Waals surface area contributed by atoms with E-state index in [1.165, 1.54) is 5.56 Å². The summed E-state index contributed by atoms with van der Waals surface area (Å²) in [6.07, 6.45) is 2.10. The molecule has 6 nitrogen and oxygen atoms in total. The molecule has 1 aliphatic rings. The van der Waals surface area contributed by atoms with Crippen LogP contribution in [0.4, 0.5) is 0 Å². The van der Waals surface area contributed by atoms with E-state index in [1.54, 1.807) is 7.11 Å². The van der Waals surface area contributed by atoms with Crippen molar-refractivity contribution in [2.24, 2.45) is 4.99 Å². The number of hydrogen-bond donors (Lipinski definition) is 2. The second kappa shape index (κ2) is 13.2. The minimum atomic E-state index is 0. The number of aliphatic imine (C=N–C) groups is 1. The summed E-state index contributed by atoms with van der Waals surface area (Å²) in [5.74, 6) is 1.80. The minimum Gasteiger partial charge on any atom is -0.497 e. The van der Waals surface area contributed by atoms with Crippen molar-refractivity contribution in [1.82, 2.24) is 15.5 Å². The lowest BCUT2D eigenvalue weighted by atomic mass is 10.0. The van der Waals surface area contributed by atoms with E-state index in [0.29, 0.717) is 0 Å². The maximum Gasteiger partial charge on any atom is 0.191 e. The van der Waals surface area contributed by atoms with Crippen molar-refractivity contribution >= 4 is 29.9 Å². The Bertz CT molecular complexity index is 572. The predicted octanol–water partition coefficient (Wildman–Crippen LogP) is 2.91. The predicted molar refractivity (Wildman–Crippen MR) is 127 cm³/mol. The average Bonchev–Trinajstić information content (AvgIpc) is 2.70. The summed E-state index contributed by atoms with van der Waals surface area (Å²) in [4.78, 5) is 7.29. The van der Waals surface area contributed by atoms with E-state index in [2.05, 4.69) is 48.4 Å². The molecule has 1 aromatic carbocycles. The highest BCUT2D eigenvalue weighted by molar-refractivity contribution is 14.0. The number of halogens is 1. The maximum atomic E-state index is 5.46. The smallest absolute Gasteiger partial charge is 0.191 e. The van der Waals surface area contributed by atoms with Crippen molar-refractivity contribution in [2.75, 3.05) is 53.0 Å². The number of methoxy groups -OCH3 is 1. The van der Waals surface area contributed by atoms with Crippen molar-refractivity contribution in [3.63, 3.8) is 0 Å². The lowest BCUT2D eigenvalue weighted by Gasteiger charge is -2.39. The van der Waals surface area contributed by atoms with Crippen LogP contribution in [0.3, 0.4) is 0 Å². The van der Waals surface area contributed by atoms with Crippen LogP contribution in [0.2, 0.25) is 0 Å². The number of rotatable bonds is 9. The van der Waals surface area contributed by atoms with Gasteiger partial charge in [-0.2, -0.15) is 0 Å². The number of nitrogens with zero attached hydrogens (tertiary/aromatic N) is 2. The van der Waals surface area contributed by atoms with Crippen molar-refractivity contribution in [3.8, 4) is 5.75 Å². The SMILES string of the molecule is CCNC(=NCC(C)(C)N1CCOCC1)NCCCc1ccc(OC)cc1.I. The van der Waals surface area contributed by atoms with Gasteiger partial charge in [-0.25, -0.2) is 0 Å². The van der Waals surface area contributed by atoms with Gasteiger partial charge >= 0.3 is 0 Å². The molecule has 2 rings (SSSR count). The Kier molecular flexibility index (Phi) is 11.8. The fraction of sp³-hybridized carbons (Fsp3) is 0.667. The highest BCUT2D eigenvalue weighted by Crippen LogP contribution is 2.16. The highest BCUT2D eigenvalue weighted by Gasteiger charge is 2.28. The second-order valence-corrected chi connectivity index (χ2v) is 7.49. The Morgan fingerprint density at radius 3 is 2.46 bits per heavy atom. The van der Waals surface area contributed by atoms with Gasteiger partial charge in [-0.3, -0.25) is 9.89 Å². The molecule has 0 spiro atoms. The Balaban J connectivity index is 0.00000392. The monoisotopic (exact) mass is 504 g/mol. The molecule has 0 aliphatic carbocycles. The molecule has 1 aromatic rings. The fourth-order valence-corrected chi connectivity index (χ4v) is 3.17. The lowest BCUT2D eigenvalue weighted by Crippen LogP contribution is -2.52. The molecule has 0 atom stereocenters. The van der Waals surface area contributed by atoms with Gasteiger partial charge < -0.3 is 20.1 Å². The molecule has 1 heterocycles. The quantitative estimate of drug-likeness (QED) is 0.235. The van der Waals surface area contributed by atoms with Gasteiger partial charge in [0.05, 0.1) is 26.9 Å². The molecule has 0 saturated carbocycles. The van der Waals surface area contributed by atoms with E-state index in [-0.39, 0.29) is 29.5 Å². The topological polar surface area (TPSA) is 58.1 Å². The van der Waals surface area contributed by atoms with Crippen LogP contribution in [-0.2, 0) is 11.2 Å². The zero-order valence-corrected chi connectivity index (χ0v) is 20.1. The Morgan fingerprint density at radius 2 is 1.86 bits per heavy atom. The number of ether oxygens (including phenoxy) is 2. The largest absolute Gasteiger partial charge is 0.497 e. The highest BCUT2D eigenvalue weighted by atomic mass is 127. The van der Waals surface area contributed by atoms with Gasteiger partial charge in [-0.1, -0.05) is 12.1 Å². The van der Waals surface area contributed by atoms with Crippen LogP contribution in [-0.4, -0.2) is 69.4 Å². The van der Waals surface area contributed by atoms with Crippen LogP contribution in [0.1, 0.15) is 32.8 Å². The molecule has 28 heavy (non-hydrogen) atoms. The molecule has 2 N–H and O–H groups in total. The third-order valence-corrected chi connectivity index (χ3v) is 4.93. The van der Waals surface area contributed by atoms with Crippen molar-refractivity contribution in [1.29, 1.82) is 0 Å². The Hall–Kier alpha value is -1.06. The first-order valence-corrected chi connectivity index (χ1v) is 10.0. The summed E-state index contributed by atoms with van der Waals surface area (Å²) in [6.45, 7) is 12.7. The van der Waals surface area contributed by atoms with Gasteiger partial charge in [0.25, 0.3) is 0 Å². The molecule has 160 valence electrons. The number of aryl methyl sites for hydroxylation is 1. The molecule has 0 bridgehead atoms. The van der Waals surface area contributed by atoms with Gasteiger partial charge in [0.1, 0.15) is 5.75 Å². The Morgan fingerprint density at radius 1 is 1.18 bits per heavy atom. The normalized spacial score (nSPS) is 15.6. The fourth-order valence-electron chi connectivity index (χ4n) is 3.17. The first-order chi connectivity index (χ1) is 13.0. The van der Waals surface area contributed by atoms with Gasteiger partial charge in [-0.05, 0) is 51.3 Å². The summed E-state index contributed by atoms with van der Waals surface area (Å²) in [5.41, 5.74) is 1.36. The van der Waals surface area contributed by atoms with E-state index in [1.807, 2.05) is 12.1 Å². The van der Waals surface area contributed by atoms with Gasteiger partial charge in [0.15, 0.2) is 5.96 Å². The van der Waals surface area contributed by atoms with Crippen molar-refractivity contribution in [3.05, 3.63) is 29.8 Å². The minimum absolute atomic E-state index is 0. The van der Waals surface area contributed by atoms with Crippen LogP contribution in [0.15, 0.2) is 29.3 Å². The second-order valence-electron chi connectivity index (χ2n) is 7.49. The van der Waals surface area contributed by atoms with Crippen LogP contribution >= 0.6 is 24.0 Å². The number of morpholine rings is 1. The first-order valence-electron chi connectivity index (χ1n) is 10.0. The summed E-state index contributed by atoms with van der Waals surface area (Å²) < 4.78 is 10.7. The van der Waals surface area contributed by atoms with Gasteiger partial charge in [0.2, 0.25) is 0 Å². The number of guanidine groups is 1. The number of hydrogen-bond acceptors (Lipinski definition) is 4. The molecule has 1 saturated heterocycles. The number of nitrogens with one attached hydrogen (secondary N) is 2. The molecule has 7 heteroatoms. The van der Waals surface area contributed by atoms with E-state index in [4.69, 9.17) is 14.5 Å². The van der Waals surface area contributed by atoms with E-state index in [0.717, 1.165) is 70.5 Å². The van der Waals surface area contributed by atoms with E-state index >= 15 is 0 Å². The molecular formula is C21H37IN4O2. The summed E-state index contributed by atoms with van der Waals surface area (Å²) in [5, 5.41) is 6.81. The number of benzene rings is 1. The van der Waals surface area contributed by atoms with Crippen LogP contribution < -0.4 is 15.4 Å². The molecule has 0 radical (unpaired) electrons. The molecular weight excluding hydrogens is 467 g/mol. The summed E-state index contributed by atoms with van der Waals surface area (Å²) >= 11 is 0. The summed E-state index contributed by atoms with van der Waals surface area (Å²) in [6, 6.07) is 8.29. The van der Waals surface area contributed by atoms with Gasteiger partial charge in [-0.15, -0.1) is 24.0 Å². The van der Waals surface area contributed by atoms with E-state index in [9.17, 15) is 0 Å². The van der Waals surface area contributed by atoms with Crippen molar-refractivity contribution < 1.29 is 9.47 Å².